The molecular weight excluding hydrogens is 312 g/mol. The maximum atomic E-state index is 12.4. The summed E-state index contributed by atoms with van der Waals surface area (Å²) in [5.41, 5.74) is 1.62. The van der Waals surface area contributed by atoms with E-state index in [0.717, 1.165) is 5.56 Å². The van der Waals surface area contributed by atoms with E-state index >= 15 is 0 Å². The zero-order valence-corrected chi connectivity index (χ0v) is 13.4. The average Bonchev–Trinajstić information content (AvgIpc) is 2.88. The Hall–Kier alpha value is -3.15. The number of ketones is 1. The number of hydrogen-bond acceptors (Lipinski definition) is 6. The van der Waals surface area contributed by atoms with Crippen molar-refractivity contribution in [3.63, 3.8) is 0 Å². The number of carbonyl (C=O) groups is 1. The third kappa shape index (κ3) is 2.32. The van der Waals surface area contributed by atoms with Crippen molar-refractivity contribution < 1.29 is 29.2 Å². The number of aromatic hydroxyl groups is 2. The van der Waals surface area contributed by atoms with Gasteiger partial charge in [0.2, 0.25) is 11.5 Å². The molecule has 6 nitrogen and oxygen atoms in total. The van der Waals surface area contributed by atoms with Gasteiger partial charge in [0.1, 0.15) is 11.5 Å². The molecule has 0 saturated carbocycles. The number of phenols is 2. The molecule has 0 amide bonds. The van der Waals surface area contributed by atoms with E-state index in [1.807, 2.05) is 6.92 Å². The zero-order valence-electron chi connectivity index (χ0n) is 13.4. The molecular formula is C18H16O6. The number of Topliss-reactive ketones (excluding diaryl/α,β-unsaturated/α-hetero) is 1. The van der Waals surface area contributed by atoms with Crippen LogP contribution in [0.4, 0.5) is 0 Å². The second-order valence-corrected chi connectivity index (χ2v) is 5.27. The van der Waals surface area contributed by atoms with Crippen molar-refractivity contribution in [1.29, 1.82) is 0 Å². The minimum Gasteiger partial charge on any atom is -0.504 e. The van der Waals surface area contributed by atoms with Crippen molar-refractivity contribution in [3.05, 3.63) is 46.7 Å². The molecule has 1 aliphatic heterocycles. The van der Waals surface area contributed by atoms with E-state index in [2.05, 4.69) is 0 Å². The van der Waals surface area contributed by atoms with E-state index in [1.165, 1.54) is 25.3 Å². The Morgan fingerprint density at radius 2 is 1.83 bits per heavy atom. The summed E-state index contributed by atoms with van der Waals surface area (Å²) in [6.45, 7) is 1.84. The molecule has 0 spiro atoms. The number of rotatable bonds is 3. The van der Waals surface area contributed by atoms with E-state index < -0.39 is 5.75 Å². The fraction of sp³-hybridized carbons (Fsp3) is 0.167. The molecule has 0 aliphatic carbocycles. The van der Waals surface area contributed by atoms with Crippen molar-refractivity contribution in [2.45, 2.75) is 6.92 Å². The van der Waals surface area contributed by atoms with Gasteiger partial charge in [0.05, 0.1) is 19.8 Å². The molecule has 2 aromatic carbocycles. The molecule has 1 aliphatic rings. The van der Waals surface area contributed by atoms with E-state index in [0.29, 0.717) is 17.1 Å². The predicted octanol–water partition coefficient (Wildman–Crippen LogP) is 3.04. The van der Waals surface area contributed by atoms with Gasteiger partial charge in [-0.15, -0.1) is 0 Å². The van der Waals surface area contributed by atoms with E-state index in [-0.39, 0.29) is 28.6 Å². The summed E-state index contributed by atoms with van der Waals surface area (Å²) in [4.78, 5) is 12.4. The van der Waals surface area contributed by atoms with Crippen molar-refractivity contribution in [2.24, 2.45) is 0 Å². The highest BCUT2D eigenvalue weighted by Gasteiger charge is 2.31. The topological polar surface area (TPSA) is 85.2 Å². The van der Waals surface area contributed by atoms with Crippen LogP contribution in [0, 0.1) is 6.92 Å². The summed E-state index contributed by atoms with van der Waals surface area (Å²) < 4.78 is 16.1. The number of benzene rings is 2. The molecule has 124 valence electrons. The lowest BCUT2D eigenvalue weighted by molar-refractivity contribution is 0.101. The lowest BCUT2D eigenvalue weighted by Crippen LogP contribution is -2.00. The first-order valence-electron chi connectivity index (χ1n) is 7.18. The highest BCUT2D eigenvalue weighted by Crippen LogP contribution is 2.44. The van der Waals surface area contributed by atoms with Crippen LogP contribution < -0.4 is 14.2 Å². The van der Waals surface area contributed by atoms with Crippen LogP contribution in [0.25, 0.3) is 6.08 Å². The summed E-state index contributed by atoms with van der Waals surface area (Å²) in [6, 6.07) is 6.16. The predicted molar refractivity (Wildman–Crippen MR) is 87.0 cm³/mol. The number of methoxy groups -OCH3 is 2. The van der Waals surface area contributed by atoms with Gasteiger partial charge in [0.25, 0.3) is 0 Å². The zero-order chi connectivity index (χ0) is 17.4. The van der Waals surface area contributed by atoms with Gasteiger partial charge in [-0.2, -0.15) is 0 Å². The molecule has 3 rings (SSSR count). The highest BCUT2D eigenvalue weighted by atomic mass is 16.5. The van der Waals surface area contributed by atoms with E-state index in [9.17, 15) is 15.0 Å². The minimum atomic E-state index is -0.456. The molecule has 0 atom stereocenters. The third-order valence-corrected chi connectivity index (χ3v) is 3.89. The number of allylic oxidation sites excluding steroid dienone is 1. The molecule has 0 fully saturated rings. The average molecular weight is 328 g/mol. The third-order valence-electron chi connectivity index (χ3n) is 3.89. The van der Waals surface area contributed by atoms with Crippen molar-refractivity contribution >= 4 is 11.9 Å². The SMILES string of the molecule is COc1ccc(/C=C2/Oc3c(ccc(O)c3O)C2=O)c(OC)c1C. The molecule has 0 saturated heterocycles. The Morgan fingerprint density at radius 3 is 2.50 bits per heavy atom. The van der Waals surface area contributed by atoms with Gasteiger partial charge in [0.15, 0.2) is 17.3 Å². The fourth-order valence-corrected chi connectivity index (χ4v) is 2.67. The smallest absolute Gasteiger partial charge is 0.232 e. The summed E-state index contributed by atoms with van der Waals surface area (Å²) in [6.07, 6.45) is 1.53. The lowest BCUT2D eigenvalue weighted by atomic mass is 10.1. The Balaban J connectivity index is 2.07. The van der Waals surface area contributed by atoms with Crippen molar-refractivity contribution in [2.75, 3.05) is 14.2 Å². The Labute approximate surface area is 138 Å². The number of phenolic OH excluding ortho intramolecular Hbond substituents is 2. The molecule has 0 radical (unpaired) electrons. The number of fused-ring (bicyclic) bond motifs is 1. The summed E-state index contributed by atoms with van der Waals surface area (Å²) in [5.74, 6) is 0.0302. The lowest BCUT2D eigenvalue weighted by Gasteiger charge is -2.12. The van der Waals surface area contributed by atoms with Crippen LogP contribution in [0.2, 0.25) is 0 Å². The molecule has 6 heteroatoms. The largest absolute Gasteiger partial charge is 0.504 e. The quantitative estimate of drug-likeness (QED) is 0.665. The van der Waals surface area contributed by atoms with Crippen molar-refractivity contribution in [1.82, 2.24) is 0 Å². The maximum absolute atomic E-state index is 12.4. The molecule has 24 heavy (non-hydrogen) atoms. The highest BCUT2D eigenvalue weighted by molar-refractivity contribution is 6.15. The Morgan fingerprint density at radius 1 is 1.08 bits per heavy atom. The van der Waals surface area contributed by atoms with Crippen LogP contribution in [0.15, 0.2) is 30.0 Å². The second-order valence-electron chi connectivity index (χ2n) is 5.27. The van der Waals surface area contributed by atoms with Gasteiger partial charge in [-0.3, -0.25) is 4.79 Å². The molecule has 2 N–H and O–H groups in total. The van der Waals surface area contributed by atoms with Gasteiger partial charge in [0, 0.05) is 11.1 Å². The number of ether oxygens (including phenoxy) is 3. The maximum Gasteiger partial charge on any atom is 0.232 e. The van der Waals surface area contributed by atoms with Gasteiger partial charge in [-0.25, -0.2) is 0 Å². The Kier molecular flexibility index (Phi) is 3.81. The van der Waals surface area contributed by atoms with Gasteiger partial charge in [-0.05, 0) is 37.3 Å². The Bertz CT molecular complexity index is 866. The first-order valence-corrected chi connectivity index (χ1v) is 7.18. The van der Waals surface area contributed by atoms with Crippen LogP contribution >= 0.6 is 0 Å². The van der Waals surface area contributed by atoms with E-state index in [1.54, 1.807) is 19.2 Å². The van der Waals surface area contributed by atoms with Crippen LogP contribution in [-0.4, -0.2) is 30.2 Å². The fourth-order valence-electron chi connectivity index (χ4n) is 2.67. The molecule has 0 aromatic heterocycles. The van der Waals surface area contributed by atoms with Gasteiger partial charge >= 0.3 is 0 Å². The molecule has 0 bridgehead atoms. The van der Waals surface area contributed by atoms with Crippen LogP contribution in [0.5, 0.6) is 28.7 Å². The first kappa shape index (κ1) is 15.7. The van der Waals surface area contributed by atoms with Crippen LogP contribution in [-0.2, 0) is 0 Å². The first-order chi connectivity index (χ1) is 11.5. The molecule has 2 aromatic rings. The monoisotopic (exact) mass is 328 g/mol. The molecule has 0 unspecified atom stereocenters. The minimum absolute atomic E-state index is 0.0359. The number of carbonyl (C=O) groups excluding carboxylic acids is 1. The van der Waals surface area contributed by atoms with Crippen LogP contribution in [0.3, 0.4) is 0 Å². The standard InChI is InChI=1S/C18H16O6/c1-9-13(22-2)7-4-10(17(9)23-3)8-14-15(20)11-5-6-12(19)16(21)18(11)24-14/h4-8,19,21H,1-3H3/b14-8+. The summed E-state index contributed by atoms with van der Waals surface area (Å²) in [7, 11) is 3.09. The normalized spacial score (nSPS) is 14.5. The van der Waals surface area contributed by atoms with Gasteiger partial charge in [-0.1, -0.05) is 0 Å². The second kappa shape index (κ2) is 5.81. The van der Waals surface area contributed by atoms with E-state index in [4.69, 9.17) is 14.2 Å². The summed E-state index contributed by atoms with van der Waals surface area (Å²) in [5, 5.41) is 19.4. The number of hydrogen-bond donors (Lipinski definition) is 2. The van der Waals surface area contributed by atoms with Crippen molar-refractivity contribution in [3.8, 4) is 28.7 Å². The van der Waals surface area contributed by atoms with Gasteiger partial charge < -0.3 is 24.4 Å². The molecule has 1 heterocycles. The summed E-state index contributed by atoms with van der Waals surface area (Å²) >= 11 is 0. The van der Waals surface area contributed by atoms with Crippen LogP contribution in [0.1, 0.15) is 21.5 Å².